The molecule has 6 heteroatoms. The molecule has 0 aromatic heterocycles. The van der Waals surface area contributed by atoms with Crippen LogP contribution in [0.5, 0.6) is 0 Å². The van der Waals surface area contributed by atoms with Gasteiger partial charge in [-0.3, -0.25) is 9.59 Å². The van der Waals surface area contributed by atoms with Crippen molar-refractivity contribution in [1.82, 2.24) is 5.06 Å². The zero-order valence-electron chi connectivity index (χ0n) is 9.89. The number of alkyl halides is 1. The number of nitrogens with zero attached hydrogens (tertiary/aromatic N) is 1. The quantitative estimate of drug-likeness (QED) is 0.761. The highest BCUT2D eigenvalue weighted by molar-refractivity contribution is 6.20. The molecule has 0 radical (unpaired) electrons. The smallest absolute Gasteiger partial charge is 0.326 e. The Hall–Kier alpha value is -2.24. The Kier molecular flexibility index (Phi) is 2.41. The fourth-order valence-corrected chi connectivity index (χ4v) is 2.11. The number of amides is 2. The molecule has 0 N–H and O–H groups in total. The largest absolute Gasteiger partial charge is 0.370 e. The van der Waals surface area contributed by atoms with Gasteiger partial charge >= 0.3 is 5.97 Å². The Morgan fingerprint density at radius 2 is 1.68 bits per heavy atom. The van der Waals surface area contributed by atoms with Crippen molar-refractivity contribution < 1.29 is 23.6 Å². The van der Waals surface area contributed by atoms with Crippen LogP contribution in [0.1, 0.15) is 40.0 Å². The maximum atomic E-state index is 13.8. The molecule has 1 aliphatic heterocycles. The predicted molar refractivity (Wildman–Crippen MR) is 60.7 cm³/mol. The van der Waals surface area contributed by atoms with Crippen molar-refractivity contribution >= 4 is 17.8 Å². The third-order valence-electron chi connectivity index (χ3n) is 3.44. The van der Waals surface area contributed by atoms with Gasteiger partial charge in [0.25, 0.3) is 11.8 Å². The summed E-state index contributed by atoms with van der Waals surface area (Å²) in [5.41, 5.74) is -1.75. The van der Waals surface area contributed by atoms with Crippen molar-refractivity contribution in [2.75, 3.05) is 0 Å². The van der Waals surface area contributed by atoms with Gasteiger partial charge in [0.2, 0.25) is 5.67 Å². The van der Waals surface area contributed by atoms with Gasteiger partial charge < -0.3 is 4.84 Å². The first-order valence-corrected chi connectivity index (χ1v) is 5.92. The number of hydroxylamine groups is 2. The van der Waals surface area contributed by atoms with E-state index in [1.165, 1.54) is 12.1 Å². The van der Waals surface area contributed by atoms with Crippen LogP contribution in [-0.4, -0.2) is 28.5 Å². The molecule has 2 aliphatic rings. The number of imide groups is 1. The maximum absolute atomic E-state index is 13.8. The zero-order chi connectivity index (χ0) is 13.6. The lowest BCUT2D eigenvalue weighted by Gasteiger charge is -2.31. The van der Waals surface area contributed by atoms with Crippen LogP contribution in [0.15, 0.2) is 24.3 Å². The molecule has 0 spiro atoms. The van der Waals surface area contributed by atoms with E-state index in [0.29, 0.717) is 11.5 Å². The molecule has 19 heavy (non-hydrogen) atoms. The fourth-order valence-electron chi connectivity index (χ4n) is 2.11. The van der Waals surface area contributed by atoms with Crippen molar-refractivity contribution in [2.45, 2.75) is 24.9 Å². The summed E-state index contributed by atoms with van der Waals surface area (Å²) in [5, 5.41) is 0.340. The Bertz CT molecular complexity index is 559. The average Bonchev–Trinajstić information content (AvgIpc) is 2.62. The minimum Gasteiger partial charge on any atom is -0.326 e. The summed E-state index contributed by atoms with van der Waals surface area (Å²) >= 11 is 0. The van der Waals surface area contributed by atoms with E-state index in [-0.39, 0.29) is 24.0 Å². The molecule has 1 saturated carbocycles. The van der Waals surface area contributed by atoms with Crippen LogP contribution in [0.25, 0.3) is 0 Å². The van der Waals surface area contributed by atoms with Crippen LogP contribution in [0, 0.1) is 0 Å². The van der Waals surface area contributed by atoms with Gasteiger partial charge in [-0.05, 0) is 31.4 Å². The van der Waals surface area contributed by atoms with E-state index in [9.17, 15) is 18.8 Å². The van der Waals surface area contributed by atoms with Gasteiger partial charge in [-0.15, -0.1) is 0 Å². The summed E-state index contributed by atoms with van der Waals surface area (Å²) in [4.78, 5) is 40.0. The van der Waals surface area contributed by atoms with Crippen LogP contribution in [0.4, 0.5) is 4.39 Å². The SMILES string of the molecule is O=C1c2ccccc2C(=O)N1OC(=O)C1(F)CCC1. The van der Waals surface area contributed by atoms with E-state index in [0.717, 1.165) is 0 Å². The molecule has 0 saturated heterocycles. The van der Waals surface area contributed by atoms with Crippen molar-refractivity contribution in [1.29, 1.82) is 0 Å². The number of carbonyl (C=O) groups excluding carboxylic acids is 3. The second-order valence-electron chi connectivity index (χ2n) is 4.65. The minimum absolute atomic E-state index is 0.0645. The topological polar surface area (TPSA) is 63.7 Å². The Morgan fingerprint density at radius 3 is 2.11 bits per heavy atom. The van der Waals surface area contributed by atoms with Crippen LogP contribution in [-0.2, 0) is 9.63 Å². The van der Waals surface area contributed by atoms with Gasteiger partial charge in [-0.2, -0.15) is 0 Å². The van der Waals surface area contributed by atoms with Crippen molar-refractivity contribution in [3.05, 3.63) is 35.4 Å². The van der Waals surface area contributed by atoms with Gasteiger partial charge in [-0.25, -0.2) is 9.18 Å². The molecule has 1 aromatic carbocycles. The molecule has 2 amide bonds. The third kappa shape index (κ3) is 1.63. The molecule has 98 valence electrons. The van der Waals surface area contributed by atoms with Crippen molar-refractivity contribution in [3.63, 3.8) is 0 Å². The summed E-state index contributed by atoms with van der Waals surface area (Å²) in [6.45, 7) is 0. The lowest BCUT2D eigenvalue weighted by Crippen LogP contribution is -2.46. The average molecular weight is 263 g/mol. The van der Waals surface area contributed by atoms with Gasteiger partial charge in [-0.1, -0.05) is 17.2 Å². The standard InChI is InChI=1S/C13H10FNO4/c14-13(6-3-7-13)12(18)19-15-10(16)8-4-1-2-5-9(8)11(15)17/h1-2,4-5H,3,6-7H2. The molecule has 5 nitrogen and oxygen atoms in total. The first kappa shape index (κ1) is 11.8. The number of hydrogen-bond acceptors (Lipinski definition) is 4. The van der Waals surface area contributed by atoms with Gasteiger partial charge in [0.1, 0.15) is 0 Å². The number of halogens is 1. The summed E-state index contributed by atoms with van der Waals surface area (Å²) in [7, 11) is 0. The van der Waals surface area contributed by atoms with E-state index in [4.69, 9.17) is 0 Å². The summed E-state index contributed by atoms with van der Waals surface area (Å²) < 4.78 is 13.8. The maximum Gasteiger partial charge on any atom is 0.370 e. The van der Waals surface area contributed by atoms with E-state index in [2.05, 4.69) is 4.84 Å². The number of fused-ring (bicyclic) bond motifs is 1. The highest BCUT2D eigenvalue weighted by Gasteiger charge is 2.49. The van der Waals surface area contributed by atoms with Crippen LogP contribution < -0.4 is 0 Å². The number of hydrogen-bond donors (Lipinski definition) is 0. The van der Waals surface area contributed by atoms with Crippen molar-refractivity contribution in [2.24, 2.45) is 0 Å². The van der Waals surface area contributed by atoms with E-state index in [1.54, 1.807) is 12.1 Å². The van der Waals surface area contributed by atoms with Crippen LogP contribution >= 0.6 is 0 Å². The number of benzene rings is 1. The van der Waals surface area contributed by atoms with Gasteiger partial charge in [0.15, 0.2) is 0 Å². The van der Waals surface area contributed by atoms with E-state index in [1.807, 2.05) is 0 Å². The molecule has 0 bridgehead atoms. The second kappa shape index (κ2) is 3.88. The molecule has 1 aliphatic carbocycles. The highest BCUT2D eigenvalue weighted by Crippen LogP contribution is 2.37. The van der Waals surface area contributed by atoms with Gasteiger partial charge in [0, 0.05) is 0 Å². The predicted octanol–water partition coefficient (Wildman–Crippen LogP) is 1.63. The summed E-state index contributed by atoms with van der Waals surface area (Å²) in [6, 6.07) is 6.10. The second-order valence-corrected chi connectivity index (χ2v) is 4.65. The van der Waals surface area contributed by atoms with Crippen LogP contribution in [0.2, 0.25) is 0 Å². The highest BCUT2D eigenvalue weighted by atomic mass is 19.1. The zero-order valence-corrected chi connectivity index (χ0v) is 9.89. The Balaban J connectivity index is 1.83. The monoisotopic (exact) mass is 263 g/mol. The fraction of sp³-hybridized carbons (Fsp3) is 0.308. The first-order chi connectivity index (χ1) is 9.03. The number of rotatable bonds is 2. The first-order valence-electron chi connectivity index (χ1n) is 5.92. The third-order valence-corrected chi connectivity index (χ3v) is 3.44. The molecular weight excluding hydrogens is 253 g/mol. The summed E-state index contributed by atoms with van der Waals surface area (Å²) in [6.07, 6.45) is 0.720. The molecule has 1 fully saturated rings. The lowest BCUT2D eigenvalue weighted by atomic mass is 9.82. The molecule has 1 aromatic rings. The molecule has 0 atom stereocenters. The minimum atomic E-state index is -2.06. The normalized spacial score (nSPS) is 19.9. The van der Waals surface area contributed by atoms with E-state index < -0.39 is 23.5 Å². The lowest BCUT2D eigenvalue weighted by molar-refractivity contribution is -0.188. The van der Waals surface area contributed by atoms with Crippen LogP contribution in [0.3, 0.4) is 0 Å². The van der Waals surface area contributed by atoms with E-state index >= 15 is 0 Å². The Morgan fingerprint density at radius 1 is 1.16 bits per heavy atom. The Labute approximate surface area is 107 Å². The molecular formula is C13H10FNO4. The van der Waals surface area contributed by atoms with Gasteiger partial charge in [0.05, 0.1) is 11.1 Å². The molecule has 1 heterocycles. The molecule has 3 rings (SSSR count). The van der Waals surface area contributed by atoms with Crippen molar-refractivity contribution in [3.8, 4) is 0 Å². The molecule has 0 unspecified atom stereocenters. The summed E-state index contributed by atoms with van der Waals surface area (Å²) in [5.74, 6) is -2.65. The number of carbonyl (C=O) groups is 3.